The fourth-order valence-electron chi connectivity index (χ4n) is 1.76. The highest BCUT2D eigenvalue weighted by Crippen LogP contribution is 2.24. The Kier molecular flexibility index (Phi) is 2.68. The van der Waals surface area contributed by atoms with Gasteiger partial charge in [0.1, 0.15) is 17.7 Å². The van der Waals surface area contributed by atoms with Crippen LogP contribution in [0.25, 0.3) is 0 Å². The lowest BCUT2D eigenvalue weighted by atomic mass is 10.2. The average molecular weight is 196 g/mol. The van der Waals surface area contributed by atoms with E-state index in [-0.39, 0.29) is 11.9 Å². The van der Waals surface area contributed by atoms with E-state index in [0.717, 1.165) is 19.3 Å². The molecule has 0 heterocycles. The molecule has 1 aromatic rings. The van der Waals surface area contributed by atoms with Gasteiger partial charge < -0.3 is 9.84 Å². The molecule has 0 saturated heterocycles. The summed E-state index contributed by atoms with van der Waals surface area (Å²) in [6.07, 6.45) is 2.02. The second kappa shape index (κ2) is 3.96. The first-order valence-corrected chi connectivity index (χ1v) is 4.86. The maximum absolute atomic E-state index is 12.8. The third-order valence-corrected chi connectivity index (χ3v) is 2.50. The third kappa shape index (κ3) is 2.04. The largest absolute Gasteiger partial charge is 0.488 e. The zero-order valence-electron chi connectivity index (χ0n) is 7.82. The van der Waals surface area contributed by atoms with E-state index in [1.54, 1.807) is 12.1 Å². The number of aliphatic hydroxyl groups excluding tert-OH is 1. The molecule has 76 valence electrons. The monoisotopic (exact) mass is 196 g/mol. The van der Waals surface area contributed by atoms with Crippen molar-refractivity contribution >= 4 is 0 Å². The number of rotatable bonds is 2. The standard InChI is InChI=1S/C11H13FO2/c12-8-3-1-4-9(7-8)14-11-6-2-5-10(11)13/h1,3-4,7,10-11,13H,2,5-6H2/t10-,11-/m1/s1. The summed E-state index contributed by atoms with van der Waals surface area (Å²) < 4.78 is 18.3. The van der Waals surface area contributed by atoms with Crippen LogP contribution in [0.3, 0.4) is 0 Å². The lowest BCUT2D eigenvalue weighted by Gasteiger charge is -2.16. The van der Waals surface area contributed by atoms with E-state index < -0.39 is 6.10 Å². The first kappa shape index (κ1) is 9.46. The molecular formula is C11H13FO2. The Morgan fingerprint density at radius 2 is 2.21 bits per heavy atom. The number of benzene rings is 1. The molecule has 1 fully saturated rings. The lowest BCUT2D eigenvalue weighted by Crippen LogP contribution is -2.25. The van der Waals surface area contributed by atoms with Gasteiger partial charge in [0, 0.05) is 6.07 Å². The summed E-state index contributed by atoms with van der Waals surface area (Å²) in [7, 11) is 0. The first-order valence-electron chi connectivity index (χ1n) is 4.86. The molecule has 1 saturated carbocycles. The number of ether oxygens (including phenoxy) is 1. The highest BCUT2D eigenvalue weighted by molar-refractivity contribution is 5.22. The van der Waals surface area contributed by atoms with Crippen LogP contribution in [0.2, 0.25) is 0 Å². The van der Waals surface area contributed by atoms with E-state index in [1.165, 1.54) is 12.1 Å². The van der Waals surface area contributed by atoms with Crippen molar-refractivity contribution in [3.63, 3.8) is 0 Å². The zero-order valence-corrected chi connectivity index (χ0v) is 7.82. The van der Waals surface area contributed by atoms with Crippen LogP contribution in [-0.4, -0.2) is 17.3 Å². The van der Waals surface area contributed by atoms with E-state index in [0.29, 0.717) is 5.75 Å². The van der Waals surface area contributed by atoms with Crippen LogP contribution in [0.5, 0.6) is 5.75 Å². The van der Waals surface area contributed by atoms with Crippen LogP contribution < -0.4 is 4.74 Å². The van der Waals surface area contributed by atoms with Crippen molar-refractivity contribution in [2.75, 3.05) is 0 Å². The predicted octanol–water partition coefficient (Wildman–Crippen LogP) is 2.12. The van der Waals surface area contributed by atoms with Crippen LogP contribution in [0, 0.1) is 5.82 Å². The van der Waals surface area contributed by atoms with E-state index in [4.69, 9.17) is 4.74 Å². The van der Waals surface area contributed by atoms with Crippen LogP contribution in [0.15, 0.2) is 24.3 Å². The molecule has 0 spiro atoms. The molecule has 2 nitrogen and oxygen atoms in total. The molecule has 1 aliphatic carbocycles. The lowest BCUT2D eigenvalue weighted by molar-refractivity contribution is 0.0602. The number of aliphatic hydroxyl groups is 1. The van der Waals surface area contributed by atoms with Gasteiger partial charge in [-0.1, -0.05) is 6.07 Å². The van der Waals surface area contributed by atoms with Crippen molar-refractivity contribution in [2.24, 2.45) is 0 Å². The molecule has 1 N–H and O–H groups in total. The summed E-state index contributed by atoms with van der Waals surface area (Å²) in [5.74, 6) is 0.186. The molecule has 2 rings (SSSR count). The number of hydrogen-bond donors (Lipinski definition) is 1. The van der Waals surface area contributed by atoms with E-state index in [9.17, 15) is 9.50 Å². The van der Waals surface area contributed by atoms with Gasteiger partial charge in [-0.05, 0) is 31.4 Å². The van der Waals surface area contributed by atoms with Gasteiger partial charge in [-0.25, -0.2) is 4.39 Å². The van der Waals surface area contributed by atoms with Crippen molar-refractivity contribution < 1.29 is 14.2 Å². The summed E-state index contributed by atoms with van der Waals surface area (Å²) in [5, 5.41) is 9.50. The minimum Gasteiger partial charge on any atom is -0.488 e. The Morgan fingerprint density at radius 1 is 1.36 bits per heavy atom. The molecule has 0 amide bonds. The smallest absolute Gasteiger partial charge is 0.126 e. The SMILES string of the molecule is O[C@@H]1CCC[C@H]1Oc1cccc(F)c1. The van der Waals surface area contributed by atoms with Crippen LogP contribution >= 0.6 is 0 Å². The van der Waals surface area contributed by atoms with Crippen LogP contribution in [-0.2, 0) is 0 Å². The summed E-state index contributed by atoms with van der Waals surface area (Å²) in [5.41, 5.74) is 0. The summed E-state index contributed by atoms with van der Waals surface area (Å²) >= 11 is 0. The van der Waals surface area contributed by atoms with Gasteiger partial charge in [-0.2, -0.15) is 0 Å². The maximum atomic E-state index is 12.8. The van der Waals surface area contributed by atoms with Gasteiger partial charge in [-0.15, -0.1) is 0 Å². The second-order valence-corrected chi connectivity index (χ2v) is 3.61. The van der Waals surface area contributed by atoms with E-state index in [1.807, 2.05) is 0 Å². The molecule has 0 aliphatic heterocycles. The third-order valence-electron chi connectivity index (χ3n) is 2.50. The van der Waals surface area contributed by atoms with Gasteiger partial charge in [0.25, 0.3) is 0 Å². The molecule has 1 aromatic carbocycles. The highest BCUT2D eigenvalue weighted by atomic mass is 19.1. The maximum Gasteiger partial charge on any atom is 0.126 e. The molecular weight excluding hydrogens is 183 g/mol. The quantitative estimate of drug-likeness (QED) is 0.785. The molecule has 1 aliphatic rings. The summed E-state index contributed by atoms with van der Waals surface area (Å²) in [6, 6.07) is 6.02. The average Bonchev–Trinajstić information content (AvgIpc) is 2.52. The molecule has 0 bridgehead atoms. The molecule has 2 atom stereocenters. The first-order chi connectivity index (χ1) is 6.75. The minimum atomic E-state index is -0.404. The van der Waals surface area contributed by atoms with E-state index in [2.05, 4.69) is 0 Å². The van der Waals surface area contributed by atoms with Crippen LogP contribution in [0.1, 0.15) is 19.3 Å². The van der Waals surface area contributed by atoms with Gasteiger partial charge in [-0.3, -0.25) is 0 Å². The number of halogens is 1. The fourth-order valence-corrected chi connectivity index (χ4v) is 1.76. The van der Waals surface area contributed by atoms with Crippen molar-refractivity contribution in [3.05, 3.63) is 30.1 Å². The van der Waals surface area contributed by atoms with Crippen molar-refractivity contribution in [1.82, 2.24) is 0 Å². The van der Waals surface area contributed by atoms with Crippen LogP contribution in [0.4, 0.5) is 4.39 Å². The minimum absolute atomic E-state index is 0.170. The Balaban J connectivity index is 2.03. The predicted molar refractivity (Wildman–Crippen MR) is 50.7 cm³/mol. The molecule has 0 radical (unpaired) electrons. The van der Waals surface area contributed by atoms with Crippen molar-refractivity contribution in [3.8, 4) is 5.75 Å². The normalized spacial score (nSPS) is 26.4. The fraction of sp³-hybridized carbons (Fsp3) is 0.455. The molecule has 0 aromatic heterocycles. The van der Waals surface area contributed by atoms with Gasteiger partial charge in [0.2, 0.25) is 0 Å². The van der Waals surface area contributed by atoms with Gasteiger partial charge in [0.05, 0.1) is 6.10 Å². The van der Waals surface area contributed by atoms with Crippen molar-refractivity contribution in [1.29, 1.82) is 0 Å². The van der Waals surface area contributed by atoms with Gasteiger partial charge >= 0.3 is 0 Å². The Hall–Kier alpha value is -1.09. The Labute approximate surface area is 82.3 Å². The topological polar surface area (TPSA) is 29.5 Å². The van der Waals surface area contributed by atoms with Crippen molar-refractivity contribution in [2.45, 2.75) is 31.5 Å². The molecule has 14 heavy (non-hydrogen) atoms. The Morgan fingerprint density at radius 3 is 2.86 bits per heavy atom. The Bertz CT molecular complexity index is 314. The summed E-state index contributed by atoms with van der Waals surface area (Å²) in [6.45, 7) is 0. The van der Waals surface area contributed by atoms with Gasteiger partial charge in [0.15, 0.2) is 0 Å². The second-order valence-electron chi connectivity index (χ2n) is 3.61. The summed E-state index contributed by atoms with van der Waals surface area (Å²) in [4.78, 5) is 0. The molecule has 0 unspecified atom stereocenters. The zero-order chi connectivity index (χ0) is 9.97. The number of hydrogen-bond acceptors (Lipinski definition) is 2. The highest BCUT2D eigenvalue weighted by Gasteiger charge is 2.26. The molecule has 3 heteroatoms. The van der Waals surface area contributed by atoms with E-state index >= 15 is 0 Å².